The van der Waals surface area contributed by atoms with Gasteiger partial charge < -0.3 is 14.9 Å². The molecule has 0 aliphatic heterocycles. The van der Waals surface area contributed by atoms with Crippen LogP contribution in [0.5, 0.6) is 5.75 Å². The average molecular weight is 267 g/mol. The number of aryl methyl sites for hydroxylation is 2. The molecule has 0 atom stereocenters. The second kappa shape index (κ2) is 4.53. The topological polar surface area (TPSA) is 61.3 Å². The molecule has 5 heteroatoms. The molecule has 0 radical (unpaired) electrons. The van der Waals surface area contributed by atoms with E-state index in [-0.39, 0.29) is 6.01 Å². The van der Waals surface area contributed by atoms with Gasteiger partial charge in [-0.25, -0.2) is 0 Å². The third-order valence-electron chi connectivity index (χ3n) is 2.91. The Bertz CT molecular complexity index is 606. The van der Waals surface area contributed by atoms with E-state index >= 15 is 0 Å². The highest BCUT2D eigenvalue weighted by Crippen LogP contribution is 2.40. The minimum atomic E-state index is 0.139. The summed E-state index contributed by atoms with van der Waals surface area (Å²) in [6.45, 7) is 5.68. The molecule has 0 aliphatic carbocycles. The molecule has 0 bridgehead atoms. The predicted molar refractivity (Wildman–Crippen MR) is 72.1 cm³/mol. The van der Waals surface area contributed by atoms with Crippen LogP contribution in [0.3, 0.4) is 0 Å². The Morgan fingerprint density at radius 3 is 2.50 bits per heavy atom. The van der Waals surface area contributed by atoms with Crippen molar-refractivity contribution in [1.29, 1.82) is 0 Å². The van der Waals surface area contributed by atoms with Gasteiger partial charge in [-0.3, -0.25) is 0 Å². The molecule has 0 saturated carbocycles. The lowest BCUT2D eigenvalue weighted by atomic mass is 10.0. The van der Waals surface area contributed by atoms with E-state index in [2.05, 4.69) is 4.98 Å². The number of benzene rings is 1. The number of anilines is 1. The van der Waals surface area contributed by atoms with Gasteiger partial charge in [-0.1, -0.05) is 11.6 Å². The molecule has 96 valence electrons. The number of nitrogens with two attached hydrogens (primary N) is 1. The van der Waals surface area contributed by atoms with Gasteiger partial charge in [0, 0.05) is 5.02 Å². The van der Waals surface area contributed by atoms with Crippen molar-refractivity contribution in [2.45, 2.75) is 20.8 Å². The van der Waals surface area contributed by atoms with Crippen LogP contribution in [0.25, 0.3) is 11.3 Å². The summed E-state index contributed by atoms with van der Waals surface area (Å²) in [5.74, 6) is 1.36. The van der Waals surface area contributed by atoms with E-state index in [1.807, 2.05) is 26.8 Å². The third-order valence-corrected chi connectivity index (χ3v) is 3.50. The van der Waals surface area contributed by atoms with Gasteiger partial charge in [-0.15, -0.1) is 0 Å². The zero-order chi connectivity index (χ0) is 13.4. The van der Waals surface area contributed by atoms with Gasteiger partial charge in [0.05, 0.1) is 12.7 Å². The van der Waals surface area contributed by atoms with E-state index in [1.54, 1.807) is 7.11 Å². The van der Waals surface area contributed by atoms with Crippen LogP contribution in [0.4, 0.5) is 6.01 Å². The van der Waals surface area contributed by atoms with Gasteiger partial charge in [0.15, 0.2) is 0 Å². The van der Waals surface area contributed by atoms with Crippen molar-refractivity contribution in [2.75, 3.05) is 12.8 Å². The van der Waals surface area contributed by atoms with Gasteiger partial charge in [-0.05, 0) is 38.0 Å². The summed E-state index contributed by atoms with van der Waals surface area (Å²) in [5, 5.41) is 0.701. The molecule has 2 N–H and O–H groups in total. The molecule has 0 fully saturated rings. The maximum absolute atomic E-state index is 6.28. The quantitative estimate of drug-likeness (QED) is 0.903. The summed E-state index contributed by atoms with van der Waals surface area (Å²) in [6, 6.07) is 2.02. The average Bonchev–Trinajstić information content (AvgIpc) is 2.64. The molecule has 4 nitrogen and oxygen atoms in total. The fourth-order valence-electron chi connectivity index (χ4n) is 2.03. The van der Waals surface area contributed by atoms with Gasteiger partial charge in [0.2, 0.25) is 0 Å². The van der Waals surface area contributed by atoms with Gasteiger partial charge in [0.1, 0.15) is 17.2 Å². The lowest BCUT2D eigenvalue weighted by Gasteiger charge is -2.13. The van der Waals surface area contributed by atoms with E-state index in [9.17, 15) is 0 Å². The molecule has 0 aliphatic rings. The summed E-state index contributed by atoms with van der Waals surface area (Å²) >= 11 is 6.28. The normalized spacial score (nSPS) is 10.7. The minimum Gasteiger partial charge on any atom is -0.496 e. The monoisotopic (exact) mass is 266 g/mol. The molecule has 18 heavy (non-hydrogen) atoms. The van der Waals surface area contributed by atoms with Crippen LogP contribution in [-0.4, -0.2) is 12.1 Å². The van der Waals surface area contributed by atoms with Crippen molar-refractivity contribution in [3.05, 3.63) is 28.0 Å². The zero-order valence-electron chi connectivity index (χ0n) is 10.8. The van der Waals surface area contributed by atoms with Crippen molar-refractivity contribution < 1.29 is 9.15 Å². The van der Waals surface area contributed by atoms with Crippen LogP contribution in [0.1, 0.15) is 16.9 Å². The first-order chi connectivity index (χ1) is 8.45. The first kappa shape index (κ1) is 12.8. The van der Waals surface area contributed by atoms with E-state index in [1.165, 1.54) is 0 Å². The third kappa shape index (κ3) is 1.93. The number of aromatic nitrogens is 1. The maximum atomic E-state index is 6.28. The van der Waals surface area contributed by atoms with Gasteiger partial charge >= 0.3 is 0 Å². The Morgan fingerprint density at radius 2 is 2.00 bits per heavy atom. The standard InChI is InChI=1S/C13H15ClN2O2/c1-6-5-9(17-4)10(7(2)11(6)14)12-8(3)18-13(15)16-12/h5H,1-4H3,(H2,15,16). The fraction of sp³-hybridized carbons (Fsp3) is 0.308. The smallest absolute Gasteiger partial charge is 0.292 e. The first-order valence-corrected chi connectivity index (χ1v) is 5.90. The van der Waals surface area contributed by atoms with Crippen molar-refractivity contribution in [2.24, 2.45) is 0 Å². The second-order valence-corrected chi connectivity index (χ2v) is 4.54. The van der Waals surface area contributed by atoms with E-state index < -0.39 is 0 Å². The number of halogens is 1. The van der Waals surface area contributed by atoms with Crippen molar-refractivity contribution in [1.82, 2.24) is 4.98 Å². The van der Waals surface area contributed by atoms with Crippen LogP contribution in [0.15, 0.2) is 10.5 Å². The maximum Gasteiger partial charge on any atom is 0.292 e. The molecule has 1 aromatic carbocycles. The highest BCUT2D eigenvalue weighted by molar-refractivity contribution is 6.32. The molecule has 2 aromatic rings. The van der Waals surface area contributed by atoms with Crippen LogP contribution in [-0.2, 0) is 0 Å². The summed E-state index contributed by atoms with van der Waals surface area (Å²) in [5.41, 5.74) is 8.94. The Kier molecular flexibility index (Phi) is 3.22. The molecule has 1 aromatic heterocycles. The molecular formula is C13H15ClN2O2. The second-order valence-electron chi connectivity index (χ2n) is 4.17. The Morgan fingerprint density at radius 1 is 1.33 bits per heavy atom. The largest absolute Gasteiger partial charge is 0.496 e. The minimum absolute atomic E-state index is 0.139. The van der Waals surface area contributed by atoms with E-state index in [0.29, 0.717) is 22.2 Å². The first-order valence-electron chi connectivity index (χ1n) is 5.52. The number of hydrogen-bond donors (Lipinski definition) is 1. The number of nitrogen functional groups attached to an aromatic ring is 1. The summed E-state index contributed by atoms with van der Waals surface area (Å²) in [7, 11) is 1.62. The van der Waals surface area contributed by atoms with E-state index in [0.717, 1.165) is 16.7 Å². The highest BCUT2D eigenvalue weighted by atomic mass is 35.5. The fourth-order valence-corrected chi connectivity index (χ4v) is 2.18. The molecule has 0 saturated heterocycles. The number of methoxy groups -OCH3 is 1. The Hall–Kier alpha value is -1.68. The van der Waals surface area contributed by atoms with Crippen LogP contribution < -0.4 is 10.5 Å². The number of rotatable bonds is 2. The number of hydrogen-bond acceptors (Lipinski definition) is 4. The number of nitrogens with zero attached hydrogens (tertiary/aromatic N) is 1. The molecule has 0 spiro atoms. The molecular weight excluding hydrogens is 252 g/mol. The number of ether oxygens (including phenoxy) is 1. The van der Waals surface area contributed by atoms with Crippen LogP contribution in [0, 0.1) is 20.8 Å². The lowest BCUT2D eigenvalue weighted by Crippen LogP contribution is -1.96. The molecule has 1 heterocycles. The molecule has 0 amide bonds. The van der Waals surface area contributed by atoms with E-state index in [4.69, 9.17) is 26.5 Å². The lowest BCUT2D eigenvalue weighted by molar-refractivity contribution is 0.415. The summed E-state index contributed by atoms with van der Waals surface area (Å²) < 4.78 is 10.7. The van der Waals surface area contributed by atoms with Crippen molar-refractivity contribution in [3.63, 3.8) is 0 Å². The predicted octanol–water partition coefficient (Wildman–Crippen LogP) is 3.51. The van der Waals surface area contributed by atoms with Crippen LogP contribution >= 0.6 is 11.6 Å². The van der Waals surface area contributed by atoms with Crippen LogP contribution in [0.2, 0.25) is 5.02 Å². The zero-order valence-corrected chi connectivity index (χ0v) is 11.6. The Balaban J connectivity index is 2.77. The summed E-state index contributed by atoms with van der Waals surface area (Å²) in [4.78, 5) is 4.19. The molecule has 2 rings (SSSR count). The Labute approximate surface area is 111 Å². The van der Waals surface area contributed by atoms with Crippen molar-refractivity contribution in [3.8, 4) is 17.0 Å². The number of oxazole rings is 1. The van der Waals surface area contributed by atoms with Gasteiger partial charge in [0.25, 0.3) is 6.01 Å². The summed E-state index contributed by atoms with van der Waals surface area (Å²) in [6.07, 6.45) is 0. The SMILES string of the molecule is COc1cc(C)c(Cl)c(C)c1-c1nc(N)oc1C. The van der Waals surface area contributed by atoms with Gasteiger partial charge in [-0.2, -0.15) is 4.98 Å². The van der Waals surface area contributed by atoms with Crippen molar-refractivity contribution >= 4 is 17.6 Å². The molecule has 0 unspecified atom stereocenters. The highest BCUT2D eigenvalue weighted by Gasteiger charge is 2.20.